The zero-order valence-corrected chi connectivity index (χ0v) is 10.4. The Morgan fingerprint density at radius 3 is 2.17 bits per heavy atom. The van der Waals surface area contributed by atoms with Crippen LogP contribution in [0.25, 0.3) is 11.1 Å². The van der Waals surface area contributed by atoms with Gasteiger partial charge in [0.1, 0.15) is 0 Å². The van der Waals surface area contributed by atoms with E-state index in [9.17, 15) is 0 Å². The molecule has 1 fully saturated rings. The second kappa shape index (κ2) is 4.83. The number of anilines is 1. The van der Waals surface area contributed by atoms with E-state index in [2.05, 4.69) is 53.4 Å². The van der Waals surface area contributed by atoms with Gasteiger partial charge in [0.15, 0.2) is 0 Å². The standard InChI is InChI=1S/C16H18N2/c17-15-10-11-18(12-15)16-8-6-14(7-9-16)13-4-2-1-3-5-13/h1-9,15H,10-12,17H2/t15-/m1/s1. The van der Waals surface area contributed by atoms with Crippen LogP contribution in [0.15, 0.2) is 54.6 Å². The van der Waals surface area contributed by atoms with E-state index in [4.69, 9.17) is 5.73 Å². The van der Waals surface area contributed by atoms with Crippen LogP contribution >= 0.6 is 0 Å². The van der Waals surface area contributed by atoms with Crippen LogP contribution in [0.3, 0.4) is 0 Å². The molecule has 2 heteroatoms. The lowest BCUT2D eigenvalue weighted by molar-refractivity contribution is 0.752. The third kappa shape index (κ3) is 2.24. The largest absolute Gasteiger partial charge is 0.370 e. The fraction of sp³-hybridized carbons (Fsp3) is 0.250. The topological polar surface area (TPSA) is 29.3 Å². The quantitative estimate of drug-likeness (QED) is 0.871. The minimum atomic E-state index is 0.332. The van der Waals surface area contributed by atoms with Crippen molar-refractivity contribution >= 4 is 5.69 Å². The fourth-order valence-corrected chi connectivity index (χ4v) is 2.52. The smallest absolute Gasteiger partial charge is 0.0367 e. The molecule has 0 aliphatic carbocycles. The second-order valence-electron chi connectivity index (χ2n) is 4.91. The molecule has 0 radical (unpaired) electrons. The highest BCUT2D eigenvalue weighted by atomic mass is 15.2. The van der Waals surface area contributed by atoms with Crippen molar-refractivity contribution in [2.45, 2.75) is 12.5 Å². The fourth-order valence-electron chi connectivity index (χ4n) is 2.52. The first-order valence-electron chi connectivity index (χ1n) is 6.49. The summed E-state index contributed by atoms with van der Waals surface area (Å²) in [7, 11) is 0. The van der Waals surface area contributed by atoms with Gasteiger partial charge in [-0.15, -0.1) is 0 Å². The molecule has 0 saturated carbocycles. The van der Waals surface area contributed by atoms with Crippen LogP contribution in [-0.4, -0.2) is 19.1 Å². The molecule has 0 bridgehead atoms. The molecule has 0 unspecified atom stereocenters. The lowest BCUT2D eigenvalue weighted by Crippen LogP contribution is -2.26. The van der Waals surface area contributed by atoms with Gasteiger partial charge in [-0.2, -0.15) is 0 Å². The van der Waals surface area contributed by atoms with Gasteiger partial charge < -0.3 is 10.6 Å². The van der Waals surface area contributed by atoms with Crippen LogP contribution < -0.4 is 10.6 Å². The minimum Gasteiger partial charge on any atom is -0.370 e. The van der Waals surface area contributed by atoms with E-state index in [0.717, 1.165) is 19.5 Å². The van der Waals surface area contributed by atoms with Gasteiger partial charge in [-0.25, -0.2) is 0 Å². The number of hydrogen-bond acceptors (Lipinski definition) is 2. The molecule has 2 nitrogen and oxygen atoms in total. The van der Waals surface area contributed by atoms with E-state index in [0.29, 0.717) is 6.04 Å². The average molecular weight is 238 g/mol. The van der Waals surface area contributed by atoms with Gasteiger partial charge in [-0.05, 0) is 29.7 Å². The highest BCUT2D eigenvalue weighted by Gasteiger charge is 2.18. The third-order valence-corrected chi connectivity index (χ3v) is 3.56. The lowest BCUT2D eigenvalue weighted by Gasteiger charge is -2.18. The Morgan fingerprint density at radius 2 is 1.56 bits per heavy atom. The summed E-state index contributed by atoms with van der Waals surface area (Å²) >= 11 is 0. The molecule has 2 aromatic rings. The first-order chi connectivity index (χ1) is 8.83. The summed E-state index contributed by atoms with van der Waals surface area (Å²) in [4.78, 5) is 2.36. The van der Waals surface area contributed by atoms with E-state index < -0.39 is 0 Å². The Kier molecular flexibility index (Phi) is 3.03. The summed E-state index contributed by atoms with van der Waals surface area (Å²) in [5.41, 5.74) is 9.75. The monoisotopic (exact) mass is 238 g/mol. The molecule has 3 rings (SSSR count). The maximum atomic E-state index is 5.94. The zero-order valence-electron chi connectivity index (χ0n) is 10.4. The van der Waals surface area contributed by atoms with Crippen molar-refractivity contribution in [3.63, 3.8) is 0 Å². The molecule has 0 spiro atoms. The van der Waals surface area contributed by atoms with Crippen molar-refractivity contribution in [2.75, 3.05) is 18.0 Å². The number of rotatable bonds is 2. The number of benzene rings is 2. The van der Waals surface area contributed by atoms with Crippen molar-refractivity contribution in [2.24, 2.45) is 5.73 Å². The zero-order chi connectivity index (χ0) is 12.4. The predicted molar refractivity (Wildman–Crippen MR) is 76.7 cm³/mol. The maximum absolute atomic E-state index is 5.94. The van der Waals surface area contributed by atoms with E-state index in [1.807, 2.05) is 6.07 Å². The molecular formula is C16H18N2. The Labute approximate surface area is 108 Å². The van der Waals surface area contributed by atoms with E-state index >= 15 is 0 Å². The van der Waals surface area contributed by atoms with Gasteiger partial charge in [0, 0.05) is 24.8 Å². The first-order valence-corrected chi connectivity index (χ1v) is 6.49. The Hall–Kier alpha value is -1.80. The van der Waals surface area contributed by atoms with Crippen LogP contribution in [0.1, 0.15) is 6.42 Å². The van der Waals surface area contributed by atoms with Gasteiger partial charge >= 0.3 is 0 Å². The summed E-state index contributed by atoms with van der Waals surface area (Å²) in [5.74, 6) is 0. The number of hydrogen-bond donors (Lipinski definition) is 1. The Morgan fingerprint density at radius 1 is 0.889 bits per heavy atom. The van der Waals surface area contributed by atoms with Crippen molar-refractivity contribution < 1.29 is 0 Å². The molecule has 1 aliphatic heterocycles. The van der Waals surface area contributed by atoms with Gasteiger partial charge in [-0.3, -0.25) is 0 Å². The Balaban J connectivity index is 1.81. The second-order valence-corrected chi connectivity index (χ2v) is 4.91. The molecule has 1 aliphatic rings. The summed E-state index contributed by atoms with van der Waals surface area (Å²) in [5, 5.41) is 0. The van der Waals surface area contributed by atoms with Gasteiger partial charge in [0.2, 0.25) is 0 Å². The first kappa shape index (κ1) is 11.3. The number of nitrogens with two attached hydrogens (primary N) is 1. The summed E-state index contributed by atoms with van der Waals surface area (Å²) in [6, 6.07) is 19.6. The molecule has 1 heterocycles. The van der Waals surface area contributed by atoms with Crippen LogP contribution in [0.4, 0.5) is 5.69 Å². The summed E-state index contributed by atoms with van der Waals surface area (Å²) < 4.78 is 0. The van der Waals surface area contributed by atoms with Crippen molar-refractivity contribution in [1.82, 2.24) is 0 Å². The normalized spacial score (nSPS) is 19.2. The predicted octanol–water partition coefficient (Wildman–Crippen LogP) is 2.89. The van der Waals surface area contributed by atoms with Crippen molar-refractivity contribution in [3.05, 3.63) is 54.6 Å². The molecule has 92 valence electrons. The van der Waals surface area contributed by atoms with E-state index in [1.54, 1.807) is 0 Å². The lowest BCUT2D eigenvalue weighted by atomic mass is 10.1. The molecule has 1 saturated heterocycles. The molecular weight excluding hydrogens is 220 g/mol. The Bertz CT molecular complexity index is 504. The molecule has 0 amide bonds. The van der Waals surface area contributed by atoms with E-state index in [1.165, 1.54) is 16.8 Å². The number of nitrogens with zero attached hydrogens (tertiary/aromatic N) is 1. The SMILES string of the molecule is N[C@@H]1CCN(c2ccc(-c3ccccc3)cc2)C1. The van der Waals surface area contributed by atoms with Crippen LogP contribution in [0.2, 0.25) is 0 Å². The highest BCUT2D eigenvalue weighted by molar-refractivity contribution is 5.66. The third-order valence-electron chi connectivity index (χ3n) is 3.56. The molecule has 2 N–H and O–H groups in total. The van der Waals surface area contributed by atoms with Crippen LogP contribution in [0.5, 0.6) is 0 Å². The summed E-state index contributed by atoms with van der Waals surface area (Å²) in [6.45, 7) is 2.05. The molecule has 0 aromatic heterocycles. The minimum absolute atomic E-state index is 0.332. The van der Waals surface area contributed by atoms with Gasteiger partial charge in [0.25, 0.3) is 0 Å². The summed E-state index contributed by atoms with van der Waals surface area (Å²) in [6.07, 6.45) is 1.10. The van der Waals surface area contributed by atoms with Crippen molar-refractivity contribution in [3.8, 4) is 11.1 Å². The van der Waals surface area contributed by atoms with Gasteiger partial charge in [-0.1, -0.05) is 42.5 Å². The average Bonchev–Trinajstić information content (AvgIpc) is 2.87. The van der Waals surface area contributed by atoms with Crippen LogP contribution in [-0.2, 0) is 0 Å². The van der Waals surface area contributed by atoms with Crippen LogP contribution in [0, 0.1) is 0 Å². The molecule has 18 heavy (non-hydrogen) atoms. The highest BCUT2D eigenvalue weighted by Crippen LogP contribution is 2.24. The van der Waals surface area contributed by atoms with Gasteiger partial charge in [0.05, 0.1) is 0 Å². The molecule has 1 atom stereocenters. The van der Waals surface area contributed by atoms with E-state index in [-0.39, 0.29) is 0 Å². The molecule has 2 aromatic carbocycles. The van der Waals surface area contributed by atoms with Crippen molar-refractivity contribution in [1.29, 1.82) is 0 Å². The maximum Gasteiger partial charge on any atom is 0.0367 e.